The predicted octanol–water partition coefficient (Wildman–Crippen LogP) is 6.33. The Morgan fingerprint density at radius 1 is 0.963 bits per heavy atom. The summed E-state index contributed by atoms with van der Waals surface area (Å²) in [5.41, 5.74) is 7.71. The van der Waals surface area contributed by atoms with E-state index in [0.717, 1.165) is 11.5 Å². The Labute approximate surface area is 160 Å². The van der Waals surface area contributed by atoms with Crippen LogP contribution in [0.3, 0.4) is 0 Å². The Kier molecular flexibility index (Phi) is 3.36. The third-order valence-corrected chi connectivity index (χ3v) is 6.02. The highest BCUT2D eigenvalue weighted by molar-refractivity contribution is 6.05. The van der Waals surface area contributed by atoms with E-state index in [1.807, 2.05) is 0 Å². The van der Waals surface area contributed by atoms with Crippen molar-refractivity contribution in [2.75, 3.05) is 0 Å². The summed E-state index contributed by atoms with van der Waals surface area (Å²) in [6.07, 6.45) is 0. The molecule has 2 heterocycles. The molecular formula is C25H24NO+. The van der Waals surface area contributed by atoms with Crippen molar-refractivity contribution in [2.24, 2.45) is 7.05 Å². The first-order chi connectivity index (χ1) is 13.0. The number of benzene rings is 3. The zero-order valence-corrected chi connectivity index (χ0v) is 16.6. The van der Waals surface area contributed by atoms with Gasteiger partial charge in [0.1, 0.15) is 12.8 Å². The number of pyridine rings is 1. The standard InChI is InChI=1S/C25H24NO/c1-14(2)21-18-10-6-7-11-19(18)26(5)24-22-16(4)15(3)13-17-9-8-12-20(23(17)22)27-25(21)24/h6-14H,1-5H3/q+1. The first kappa shape index (κ1) is 16.3. The van der Waals surface area contributed by atoms with Gasteiger partial charge in [-0.1, -0.05) is 44.2 Å². The number of hydrogen-bond donors (Lipinski definition) is 0. The summed E-state index contributed by atoms with van der Waals surface area (Å²) in [4.78, 5) is 0. The first-order valence-electron chi connectivity index (χ1n) is 9.64. The van der Waals surface area contributed by atoms with Gasteiger partial charge in [0.05, 0.1) is 10.9 Å². The number of ether oxygens (including phenoxy) is 1. The Morgan fingerprint density at radius 2 is 1.74 bits per heavy atom. The van der Waals surface area contributed by atoms with Crippen molar-refractivity contribution in [1.82, 2.24) is 0 Å². The second-order valence-corrected chi connectivity index (χ2v) is 7.97. The summed E-state index contributed by atoms with van der Waals surface area (Å²) in [6.45, 7) is 8.95. The molecule has 3 aromatic carbocycles. The molecule has 134 valence electrons. The van der Waals surface area contributed by atoms with E-state index in [2.05, 4.69) is 87.8 Å². The van der Waals surface area contributed by atoms with E-state index < -0.39 is 0 Å². The van der Waals surface area contributed by atoms with Crippen LogP contribution in [0.5, 0.6) is 11.5 Å². The zero-order valence-electron chi connectivity index (χ0n) is 16.6. The molecule has 0 spiro atoms. The van der Waals surface area contributed by atoms with Crippen molar-refractivity contribution < 1.29 is 9.30 Å². The van der Waals surface area contributed by atoms with Crippen LogP contribution in [-0.2, 0) is 7.05 Å². The van der Waals surface area contributed by atoms with Crippen LogP contribution in [0.1, 0.15) is 36.5 Å². The highest BCUT2D eigenvalue weighted by Gasteiger charge is 2.34. The van der Waals surface area contributed by atoms with Crippen LogP contribution >= 0.6 is 0 Å². The van der Waals surface area contributed by atoms with Crippen LogP contribution in [0.2, 0.25) is 0 Å². The van der Waals surface area contributed by atoms with Gasteiger partial charge in [-0.25, -0.2) is 0 Å². The largest absolute Gasteiger partial charge is 0.449 e. The molecule has 0 saturated heterocycles. The summed E-state index contributed by atoms with van der Waals surface area (Å²) in [7, 11) is 2.16. The third kappa shape index (κ3) is 2.10. The molecule has 1 aliphatic heterocycles. The molecule has 0 saturated carbocycles. The summed E-state index contributed by atoms with van der Waals surface area (Å²) < 4.78 is 8.92. The molecule has 1 aromatic heterocycles. The van der Waals surface area contributed by atoms with Crippen molar-refractivity contribution in [3.05, 3.63) is 65.2 Å². The van der Waals surface area contributed by atoms with Crippen molar-refractivity contribution in [3.8, 4) is 22.8 Å². The number of aryl methyl sites for hydroxylation is 2. The van der Waals surface area contributed by atoms with Crippen LogP contribution in [0.25, 0.3) is 32.9 Å². The summed E-state index contributed by atoms with van der Waals surface area (Å²) >= 11 is 0. The molecule has 2 nitrogen and oxygen atoms in total. The van der Waals surface area contributed by atoms with Crippen LogP contribution in [-0.4, -0.2) is 0 Å². The van der Waals surface area contributed by atoms with E-state index in [1.54, 1.807) is 0 Å². The molecule has 4 aromatic rings. The van der Waals surface area contributed by atoms with Crippen LogP contribution < -0.4 is 9.30 Å². The fraction of sp³-hybridized carbons (Fsp3) is 0.240. The molecule has 2 heteroatoms. The topological polar surface area (TPSA) is 13.1 Å². The van der Waals surface area contributed by atoms with E-state index in [0.29, 0.717) is 5.92 Å². The molecule has 1 aliphatic rings. The number of para-hydroxylation sites is 1. The average Bonchev–Trinajstić information content (AvgIpc) is 2.65. The minimum atomic E-state index is 0.371. The SMILES string of the molecule is Cc1cc2cccc3c2c(c1C)-c1c(c(C(C)C)c2ccccc2[n+]1C)O3. The molecule has 0 unspecified atom stereocenters. The van der Waals surface area contributed by atoms with Gasteiger partial charge in [0, 0.05) is 17.0 Å². The highest BCUT2D eigenvalue weighted by atomic mass is 16.5. The van der Waals surface area contributed by atoms with Crippen molar-refractivity contribution >= 4 is 21.7 Å². The van der Waals surface area contributed by atoms with E-state index in [-0.39, 0.29) is 0 Å². The number of hydrogen-bond acceptors (Lipinski definition) is 1. The average molecular weight is 354 g/mol. The lowest BCUT2D eigenvalue weighted by Gasteiger charge is -2.25. The van der Waals surface area contributed by atoms with Gasteiger partial charge in [-0.05, 0) is 48.4 Å². The lowest BCUT2D eigenvalue weighted by molar-refractivity contribution is -0.633. The molecular weight excluding hydrogens is 330 g/mol. The van der Waals surface area contributed by atoms with Crippen molar-refractivity contribution in [1.29, 1.82) is 0 Å². The zero-order chi connectivity index (χ0) is 18.9. The number of rotatable bonds is 1. The second kappa shape index (κ2) is 5.56. The quantitative estimate of drug-likeness (QED) is 0.321. The molecule has 0 fully saturated rings. The van der Waals surface area contributed by atoms with Crippen molar-refractivity contribution in [2.45, 2.75) is 33.6 Å². The highest BCUT2D eigenvalue weighted by Crippen LogP contribution is 2.50. The van der Waals surface area contributed by atoms with E-state index in [9.17, 15) is 0 Å². The maximum Gasteiger partial charge on any atom is 0.257 e. The fourth-order valence-electron chi connectivity index (χ4n) is 4.63. The Balaban J connectivity index is 2.07. The minimum Gasteiger partial charge on any atom is -0.449 e. The Hall–Kier alpha value is -2.87. The van der Waals surface area contributed by atoms with Crippen LogP contribution in [0.4, 0.5) is 0 Å². The maximum absolute atomic E-state index is 6.60. The van der Waals surface area contributed by atoms with E-state index in [4.69, 9.17) is 4.74 Å². The number of nitrogens with zero attached hydrogens (tertiary/aromatic N) is 1. The number of aromatic nitrogens is 1. The monoisotopic (exact) mass is 354 g/mol. The summed E-state index contributed by atoms with van der Waals surface area (Å²) in [6, 6.07) is 17.3. The Morgan fingerprint density at radius 3 is 2.52 bits per heavy atom. The van der Waals surface area contributed by atoms with E-state index >= 15 is 0 Å². The first-order valence-corrected chi connectivity index (χ1v) is 9.64. The second-order valence-electron chi connectivity index (χ2n) is 7.97. The molecule has 27 heavy (non-hydrogen) atoms. The van der Waals surface area contributed by atoms with Gasteiger partial charge >= 0.3 is 0 Å². The third-order valence-electron chi connectivity index (χ3n) is 6.02. The molecule has 5 rings (SSSR count). The van der Waals surface area contributed by atoms with E-state index in [1.165, 1.54) is 49.6 Å². The summed E-state index contributed by atoms with van der Waals surface area (Å²) in [5.74, 6) is 2.35. The van der Waals surface area contributed by atoms with Crippen molar-refractivity contribution in [3.63, 3.8) is 0 Å². The van der Waals surface area contributed by atoms with Gasteiger partial charge in [0.15, 0.2) is 0 Å². The lowest BCUT2D eigenvalue weighted by Crippen LogP contribution is -2.34. The normalized spacial score (nSPS) is 12.5. The number of fused-ring (bicyclic) bond motifs is 3. The maximum atomic E-state index is 6.60. The van der Waals surface area contributed by atoms with Crippen LogP contribution in [0.15, 0.2) is 48.5 Å². The molecule has 0 atom stereocenters. The predicted molar refractivity (Wildman–Crippen MR) is 112 cm³/mol. The van der Waals surface area contributed by atoms with Gasteiger partial charge in [-0.2, -0.15) is 4.57 Å². The Bertz CT molecular complexity index is 1250. The van der Waals surface area contributed by atoms with Gasteiger partial charge < -0.3 is 4.74 Å². The lowest BCUT2D eigenvalue weighted by atomic mass is 9.87. The smallest absolute Gasteiger partial charge is 0.257 e. The molecule has 0 aliphatic carbocycles. The summed E-state index contributed by atoms with van der Waals surface area (Å²) in [5, 5.41) is 3.75. The fourth-order valence-corrected chi connectivity index (χ4v) is 4.63. The minimum absolute atomic E-state index is 0.371. The van der Waals surface area contributed by atoms with Gasteiger partial charge in [0.25, 0.3) is 5.69 Å². The van der Waals surface area contributed by atoms with Gasteiger partial charge in [0.2, 0.25) is 11.3 Å². The van der Waals surface area contributed by atoms with Gasteiger partial charge in [-0.15, -0.1) is 0 Å². The molecule has 0 bridgehead atoms. The molecule has 0 amide bonds. The van der Waals surface area contributed by atoms with Gasteiger partial charge in [-0.3, -0.25) is 0 Å². The molecule has 0 N–H and O–H groups in total. The molecule has 0 radical (unpaired) electrons. The van der Waals surface area contributed by atoms with Crippen LogP contribution in [0, 0.1) is 13.8 Å².